The maximum atomic E-state index is 5.19. The maximum absolute atomic E-state index is 5.19. The van der Waals surface area contributed by atoms with Crippen LogP contribution in [0.25, 0.3) is 78.4 Å². The Morgan fingerprint density at radius 3 is 1.80 bits per heavy atom. The van der Waals surface area contributed by atoms with E-state index in [1.54, 1.807) is 0 Å². The van der Waals surface area contributed by atoms with Crippen molar-refractivity contribution in [2.45, 2.75) is 6.42 Å². The average Bonchev–Trinajstić information content (AvgIpc) is 3.30. The molecular formula is C46H32N4. The van der Waals surface area contributed by atoms with Gasteiger partial charge >= 0.3 is 0 Å². The summed E-state index contributed by atoms with van der Waals surface area (Å²) in [5.74, 6) is 1.84. The Balaban J connectivity index is 1.25. The van der Waals surface area contributed by atoms with Crippen molar-refractivity contribution in [2.24, 2.45) is 0 Å². The van der Waals surface area contributed by atoms with E-state index in [1.165, 1.54) is 22.3 Å². The van der Waals surface area contributed by atoms with E-state index in [0.717, 1.165) is 50.5 Å². The molecule has 0 saturated heterocycles. The van der Waals surface area contributed by atoms with Crippen LogP contribution in [-0.4, -0.2) is 19.5 Å². The summed E-state index contributed by atoms with van der Waals surface area (Å²) in [7, 11) is 0. The van der Waals surface area contributed by atoms with Crippen LogP contribution in [0, 0.1) is 0 Å². The van der Waals surface area contributed by atoms with Crippen LogP contribution < -0.4 is 0 Å². The number of hydrogen-bond donors (Lipinski definition) is 0. The van der Waals surface area contributed by atoms with Gasteiger partial charge in [-0.25, -0.2) is 4.98 Å². The molecule has 1 aliphatic carbocycles. The van der Waals surface area contributed by atoms with Crippen molar-refractivity contribution in [2.75, 3.05) is 0 Å². The SMILES string of the molecule is C1=CCC=CC(c2ccccc2-c2ccc3c4ccccc4n(-c4nc(-c5ccccc5)nc(-c5ccc(-c6ccccc6)cc5)n4)c3c2)=C1. The number of allylic oxidation sites excluding steroid dienone is 6. The zero-order chi connectivity index (χ0) is 33.3. The Labute approximate surface area is 291 Å². The predicted molar refractivity (Wildman–Crippen MR) is 207 cm³/mol. The Morgan fingerprint density at radius 2 is 1.02 bits per heavy atom. The first-order valence-electron chi connectivity index (χ1n) is 16.9. The van der Waals surface area contributed by atoms with Gasteiger partial charge in [0.1, 0.15) is 0 Å². The van der Waals surface area contributed by atoms with E-state index in [-0.39, 0.29) is 0 Å². The molecule has 6 aromatic carbocycles. The molecule has 1 aliphatic rings. The van der Waals surface area contributed by atoms with E-state index in [4.69, 9.17) is 15.0 Å². The Bertz CT molecular complexity index is 2590. The third-order valence-corrected chi connectivity index (χ3v) is 9.31. The van der Waals surface area contributed by atoms with Gasteiger partial charge in [0.25, 0.3) is 0 Å². The van der Waals surface area contributed by atoms with Crippen molar-refractivity contribution in [3.05, 3.63) is 188 Å². The van der Waals surface area contributed by atoms with Crippen LogP contribution in [0.1, 0.15) is 12.0 Å². The number of aromatic nitrogens is 4. The standard InChI is InChI=1S/C46H32N4/c1-2-6-18-34(17-5-1)38-21-11-12-22-39(38)37-29-30-41-40-23-13-14-24-42(40)50(43(41)31-37)46-48-44(35-19-9-4-10-20-35)47-45(49-46)36-27-25-33(26-28-36)32-15-7-3-8-16-32/h1,3-31H,2H2. The fourth-order valence-corrected chi connectivity index (χ4v) is 6.85. The number of para-hydroxylation sites is 1. The summed E-state index contributed by atoms with van der Waals surface area (Å²) >= 11 is 0. The van der Waals surface area contributed by atoms with Gasteiger partial charge in [0.05, 0.1) is 11.0 Å². The van der Waals surface area contributed by atoms with Crippen molar-refractivity contribution in [1.82, 2.24) is 19.5 Å². The molecule has 0 aliphatic heterocycles. The molecule has 50 heavy (non-hydrogen) atoms. The summed E-state index contributed by atoms with van der Waals surface area (Å²) in [4.78, 5) is 15.4. The number of benzene rings is 6. The van der Waals surface area contributed by atoms with Gasteiger partial charge < -0.3 is 0 Å². The van der Waals surface area contributed by atoms with E-state index in [0.29, 0.717) is 17.6 Å². The fraction of sp³-hybridized carbons (Fsp3) is 0.0217. The monoisotopic (exact) mass is 640 g/mol. The second-order valence-electron chi connectivity index (χ2n) is 12.4. The highest BCUT2D eigenvalue weighted by molar-refractivity contribution is 6.10. The summed E-state index contributed by atoms with van der Waals surface area (Å²) < 4.78 is 2.19. The molecule has 2 heterocycles. The molecule has 9 rings (SSSR count). The predicted octanol–water partition coefficient (Wildman–Crippen LogP) is 11.5. The lowest BCUT2D eigenvalue weighted by molar-refractivity contribution is 0.953. The molecule has 0 N–H and O–H groups in total. The van der Waals surface area contributed by atoms with Crippen LogP contribution in [0.3, 0.4) is 0 Å². The van der Waals surface area contributed by atoms with Crippen LogP contribution in [0.4, 0.5) is 0 Å². The van der Waals surface area contributed by atoms with E-state index in [9.17, 15) is 0 Å². The summed E-state index contributed by atoms with van der Waals surface area (Å²) in [5.41, 5.74) is 11.0. The van der Waals surface area contributed by atoms with Crippen molar-refractivity contribution < 1.29 is 0 Å². The van der Waals surface area contributed by atoms with Gasteiger partial charge in [-0.2, -0.15) is 9.97 Å². The molecule has 8 aromatic rings. The van der Waals surface area contributed by atoms with Gasteiger partial charge in [-0.05, 0) is 51.9 Å². The van der Waals surface area contributed by atoms with Gasteiger partial charge in [-0.3, -0.25) is 4.57 Å². The second-order valence-corrected chi connectivity index (χ2v) is 12.4. The normalized spacial score (nSPS) is 12.7. The van der Waals surface area contributed by atoms with Gasteiger partial charge in [0.15, 0.2) is 11.6 Å². The molecule has 4 nitrogen and oxygen atoms in total. The van der Waals surface area contributed by atoms with Gasteiger partial charge in [0, 0.05) is 21.9 Å². The highest BCUT2D eigenvalue weighted by atomic mass is 15.2. The molecule has 0 saturated carbocycles. The van der Waals surface area contributed by atoms with Crippen molar-refractivity contribution in [1.29, 1.82) is 0 Å². The van der Waals surface area contributed by atoms with Crippen LogP contribution in [0.15, 0.2) is 182 Å². The average molecular weight is 641 g/mol. The first-order chi connectivity index (χ1) is 24.8. The van der Waals surface area contributed by atoms with Crippen molar-refractivity contribution >= 4 is 27.4 Å². The molecule has 2 aromatic heterocycles. The van der Waals surface area contributed by atoms with Crippen molar-refractivity contribution in [3.8, 4) is 51.0 Å². The first-order valence-corrected chi connectivity index (χ1v) is 16.9. The quantitative estimate of drug-likeness (QED) is 0.182. The smallest absolute Gasteiger partial charge is 0.238 e. The molecule has 0 bridgehead atoms. The van der Waals surface area contributed by atoms with Crippen LogP contribution in [0.2, 0.25) is 0 Å². The van der Waals surface area contributed by atoms with Crippen LogP contribution in [0.5, 0.6) is 0 Å². The molecule has 236 valence electrons. The molecule has 0 unspecified atom stereocenters. The zero-order valence-electron chi connectivity index (χ0n) is 27.3. The van der Waals surface area contributed by atoms with Gasteiger partial charge in [-0.15, -0.1) is 0 Å². The minimum Gasteiger partial charge on any atom is -0.278 e. The molecule has 0 fully saturated rings. The minimum absolute atomic E-state index is 0.581. The van der Waals surface area contributed by atoms with Crippen LogP contribution >= 0.6 is 0 Å². The molecule has 0 atom stereocenters. The van der Waals surface area contributed by atoms with Crippen molar-refractivity contribution in [3.63, 3.8) is 0 Å². The largest absolute Gasteiger partial charge is 0.278 e. The molecular weight excluding hydrogens is 609 g/mol. The van der Waals surface area contributed by atoms with E-state index in [2.05, 4.69) is 150 Å². The summed E-state index contributed by atoms with van der Waals surface area (Å²) in [6, 6.07) is 52.9. The van der Waals surface area contributed by atoms with Gasteiger partial charge in [0.2, 0.25) is 5.95 Å². The third-order valence-electron chi connectivity index (χ3n) is 9.31. The molecule has 0 radical (unpaired) electrons. The molecule has 0 spiro atoms. The summed E-state index contributed by atoms with van der Waals surface area (Å²) in [5, 5.41) is 2.30. The van der Waals surface area contributed by atoms with Crippen LogP contribution in [-0.2, 0) is 0 Å². The zero-order valence-corrected chi connectivity index (χ0v) is 27.3. The Hall–Kier alpha value is -6.65. The summed E-state index contributed by atoms with van der Waals surface area (Å²) in [6.45, 7) is 0. The third kappa shape index (κ3) is 5.43. The molecule has 0 amide bonds. The Kier molecular flexibility index (Phi) is 7.52. The fourth-order valence-electron chi connectivity index (χ4n) is 6.85. The number of nitrogens with zero attached hydrogens (tertiary/aromatic N) is 4. The number of rotatable bonds is 6. The van der Waals surface area contributed by atoms with E-state index < -0.39 is 0 Å². The lowest BCUT2D eigenvalue weighted by Crippen LogP contribution is -2.06. The lowest BCUT2D eigenvalue weighted by atomic mass is 9.93. The highest BCUT2D eigenvalue weighted by Gasteiger charge is 2.19. The topological polar surface area (TPSA) is 43.6 Å². The second kappa shape index (κ2) is 12.8. The van der Waals surface area contributed by atoms with Gasteiger partial charge in [-0.1, -0.05) is 170 Å². The van der Waals surface area contributed by atoms with E-state index in [1.807, 2.05) is 36.4 Å². The van der Waals surface area contributed by atoms with E-state index >= 15 is 0 Å². The lowest BCUT2D eigenvalue weighted by Gasteiger charge is -2.13. The Morgan fingerprint density at radius 1 is 0.440 bits per heavy atom. The highest BCUT2D eigenvalue weighted by Crippen LogP contribution is 2.37. The summed E-state index contributed by atoms with van der Waals surface area (Å²) in [6.07, 6.45) is 11.9. The first kappa shape index (κ1) is 29.5. The number of hydrogen-bond acceptors (Lipinski definition) is 3. The maximum Gasteiger partial charge on any atom is 0.238 e. The molecule has 4 heteroatoms. The number of fused-ring (bicyclic) bond motifs is 3. The minimum atomic E-state index is 0.581.